The summed E-state index contributed by atoms with van der Waals surface area (Å²) in [6, 6.07) is 0. The molecule has 0 radical (unpaired) electrons. The maximum Gasteiger partial charge on any atom is 0.0801 e. The van der Waals surface area contributed by atoms with Gasteiger partial charge in [0.15, 0.2) is 0 Å². The minimum atomic E-state index is -0.552. The van der Waals surface area contributed by atoms with Gasteiger partial charge >= 0.3 is 0 Å². The Morgan fingerprint density at radius 1 is 0.750 bits per heavy atom. The normalized spacial score (nSPS) is 57.7. The molecular weight excluding hydrogens is 396 g/mol. The first-order valence-electron chi connectivity index (χ1n) is 13.8. The summed E-state index contributed by atoms with van der Waals surface area (Å²) in [7, 11) is 0. The number of hydrogen-bond donors (Lipinski definition) is 3. The van der Waals surface area contributed by atoms with Crippen LogP contribution in [0.4, 0.5) is 0 Å². The van der Waals surface area contributed by atoms with Crippen molar-refractivity contribution in [1.82, 2.24) is 0 Å². The molecule has 184 valence electrons. The lowest BCUT2D eigenvalue weighted by Crippen LogP contribution is -2.66. The quantitative estimate of drug-likeness (QED) is 0.502. The number of aliphatic hydroxyl groups excluding tert-OH is 3. The first kappa shape index (κ1) is 23.6. The standard InChI is InChI=1S/C29H50O3/c1-25(2)21-10-14-29(6)22(27(21,4)13-11-23(25)32)8-7-19-24-18(20(31)17-30)9-12-26(24,3)15-16-28(19,29)5/h18-24,30-32H,7-17H2,1-6H3/t18-,19?,20?,21?,22?,23-,24?,26+,27-,28+,29+/m0/s1. The van der Waals surface area contributed by atoms with Gasteiger partial charge in [0, 0.05) is 0 Å². The van der Waals surface area contributed by atoms with E-state index in [1.165, 1.54) is 51.4 Å². The van der Waals surface area contributed by atoms with Gasteiger partial charge in [-0.25, -0.2) is 0 Å². The summed E-state index contributed by atoms with van der Waals surface area (Å²) >= 11 is 0. The largest absolute Gasteiger partial charge is 0.394 e. The Balaban J connectivity index is 1.53. The van der Waals surface area contributed by atoms with Crippen LogP contribution in [-0.4, -0.2) is 34.1 Å². The number of aliphatic hydroxyl groups is 3. The smallest absolute Gasteiger partial charge is 0.0801 e. The molecule has 11 atom stereocenters. The molecule has 0 heterocycles. The van der Waals surface area contributed by atoms with Gasteiger partial charge in [0.25, 0.3) is 0 Å². The third-order valence-electron chi connectivity index (χ3n) is 13.6. The molecule has 0 saturated heterocycles. The van der Waals surface area contributed by atoms with Gasteiger partial charge in [-0.05, 0) is 121 Å². The van der Waals surface area contributed by atoms with Crippen molar-refractivity contribution >= 4 is 0 Å². The van der Waals surface area contributed by atoms with E-state index in [1.807, 2.05) is 0 Å². The summed E-state index contributed by atoms with van der Waals surface area (Å²) in [5, 5.41) is 31.5. The Kier molecular flexibility index (Phi) is 5.31. The molecular formula is C29H50O3. The zero-order valence-electron chi connectivity index (χ0n) is 21.7. The van der Waals surface area contributed by atoms with E-state index in [9.17, 15) is 15.3 Å². The van der Waals surface area contributed by atoms with Gasteiger partial charge in [0.05, 0.1) is 18.8 Å². The van der Waals surface area contributed by atoms with Crippen molar-refractivity contribution in [3.63, 3.8) is 0 Å². The van der Waals surface area contributed by atoms with Crippen LogP contribution in [0.3, 0.4) is 0 Å². The van der Waals surface area contributed by atoms with Crippen LogP contribution in [0.5, 0.6) is 0 Å². The van der Waals surface area contributed by atoms with E-state index in [4.69, 9.17) is 0 Å². The van der Waals surface area contributed by atoms with E-state index in [0.717, 1.165) is 18.8 Å². The second-order valence-electron chi connectivity index (χ2n) is 14.7. The highest BCUT2D eigenvalue weighted by Gasteiger charge is 2.70. The predicted octanol–water partition coefficient (Wildman–Crippen LogP) is 5.80. The Morgan fingerprint density at radius 3 is 2.16 bits per heavy atom. The average Bonchev–Trinajstić information content (AvgIpc) is 3.09. The van der Waals surface area contributed by atoms with E-state index in [1.54, 1.807) is 0 Å². The first-order valence-corrected chi connectivity index (χ1v) is 13.8. The molecule has 3 N–H and O–H groups in total. The maximum absolute atomic E-state index is 10.9. The molecule has 5 saturated carbocycles. The molecule has 32 heavy (non-hydrogen) atoms. The molecule has 0 aromatic heterocycles. The van der Waals surface area contributed by atoms with Crippen LogP contribution >= 0.6 is 0 Å². The van der Waals surface area contributed by atoms with Crippen LogP contribution in [0.1, 0.15) is 106 Å². The minimum absolute atomic E-state index is 0.0129. The van der Waals surface area contributed by atoms with Crippen molar-refractivity contribution in [2.24, 2.45) is 56.7 Å². The second-order valence-corrected chi connectivity index (χ2v) is 14.7. The number of hydrogen-bond acceptors (Lipinski definition) is 3. The average molecular weight is 447 g/mol. The SMILES string of the molecule is CC1(C)C2CC[C@]3(C)C(CCC4C5[C@H](C(O)CO)CC[C@]5(C)CC[C@]43C)[C@@]2(C)CC[C@@H]1O. The monoisotopic (exact) mass is 446 g/mol. The molecule has 5 fully saturated rings. The van der Waals surface area contributed by atoms with Crippen LogP contribution < -0.4 is 0 Å². The topological polar surface area (TPSA) is 60.7 Å². The first-order chi connectivity index (χ1) is 14.8. The van der Waals surface area contributed by atoms with E-state index >= 15 is 0 Å². The van der Waals surface area contributed by atoms with Crippen molar-refractivity contribution in [3.8, 4) is 0 Å². The van der Waals surface area contributed by atoms with Gasteiger partial charge in [-0.3, -0.25) is 0 Å². The molecule has 0 spiro atoms. The van der Waals surface area contributed by atoms with Gasteiger partial charge in [0.2, 0.25) is 0 Å². The molecule has 0 aliphatic heterocycles. The highest BCUT2D eigenvalue weighted by atomic mass is 16.3. The molecule has 5 aliphatic carbocycles. The summed E-state index contributed by atoms with van der Waals surface area (Å²) in [5.41, 5.74) is 1.32. The van der Waals surface area contributed by atoms with Gasteiger partial charge in [-0.2, -0.15) is 0 Å². The van der Waals surface area contributed by atoms with E-state index < -0.39 is 6.10 Å². The Bertz CT molecular complexity index is 749. The van der Waals surface area contributed by atoms with Crippen molar-refractivity contribution in [3.05, 3.63) is 0 Å². The van der Waals surface area contributed by atoms with Crippen molar-refractivity contribution in [2.75, 3.05) is 6.61 Å². The van der Waals surface area contributed by atoms with Gasteiger partial charge in [-0.1, -0.05) is 41.5 Å². The molecule has 5 rings (SSSR count). The molecule has 0 aromatic rings. The molecule has 0 amide bonds. The Labute approximate surface area is 196 Å². The van der Waals surface area contributed by atoms with Crippen LogP contribution in [0.2, 0.25) is 0 Å². The third kappa shape index (κ3) is 2.77. The zero-order chi connectivity index (χ0) is 23.3. The van der Waals surface area contributed by atoms with Crippen molar-refractivity contribution in [1.29, 1.82) is 0 Å². The van der Waals surface area contributed by atoms with Crippen molar-refractivity contribution in [2.45, 2.75) is 118 Å². The fraction of sp³-hybridized carbons (Fsp3) is 1.00. The minimum Gasteiger partial charge on any atom is -0.394 e. The Hall–Kier alpha value is -0.120. The number of rotatable bonds is 2. The van der Waals surface area contributed by atoms with Crippen LogP contribution in [0.25, 0.3) is 0 Å². The summed E-state index contributed by atoms with van der Waals surface area (Å²) in [5.74, 6) is 2.83. The fourth-order valence-electron chi connectivity index (χ4n) is 11.6. The van der Waals surface area contributed by atoms with Crippen LogP contribution in [0.15, 0.2) is 0 Å². The van der Waals surface area contributed by atoms with E-state index in [0.29, 0.717) is 39.4 Å². The summed E-state index contributed by atoms with van der Waals surface area (Å²) in [4.78, 5) is 0. The molecule has 0 bridgehead atoms. The summed E-state index contributed by atoms with van der Waals surface area (Å²) in [6.07, 6.45) is 11.5. The van der Waals surface area contributed by atoms with E-state index in [-0.39, 0.29) is 24.0 Å². The van der Waals surface area contributed by atoms with Crippen LogP contribution in [-0.2, 0) is 0 Å². The molecule has 5 aliphatic rings. The lowest BCUT2D eigenvalue weighted by molar-refractivity contribution is -0.249. The molecule has 5 unspecified atom stereocenters. The van der Waals surface area contributed by atoms with Gasteiger partial charge in [-0.15, -0.1) is 0 Å². The van der Waals surface area contributed by atoms with Gasteiger partial charge < -0.3 is 15.3 Å². The maximum atomic E-state index is 10.9. The lowest BCUT2D eigenvalue weighted by atomic mass is 9.32. The van der Waals surface area contributed by atoms with Crippen LogP contribution in [0, 0.1) is 56.7 Å². The highest BCUT2D eigenvalue weighted by Crippen LogP contribution is 2.77. The van der Waals surface area contributed by atoms with E-state index in [2.05, 4.69) is 41.5 Å². The fourth-order valence-corrected chi connectivity index (χ4v) is 11.6. The summed E-state index contributed by atoms with van der Waals surface area (Å²) in [6.45, 7) is 15.0. The molecule has 3 nitrogen and oxygen atoms in total. The second kappa shape index (κ2) is 7.20. The number of fused-ring (bicyclic) bond motifs is 7. The molecule has 3 heteroatoms. The van der Waals surface area contributed by atoms with Gasteiger partial charge in [0.1, 0.15) is 0 Å². The predicted molar refractivity (Wildman–Crippen MR) is 129 cm³/mol. The zero-order valence-corrected chi connectivity index (χ0v) is 21.7. The highest BCUT2D eigenvalue weighted by molar-refractivity contribution is 5.19. The van der Waals surface area contributed by atoms with Crippen molar-refractivity contribution < 1.29 is 15.3 Å². The Morgan fingerprint density at radius 2 is 1.47 bits per heavy atom. The summed E-state index contributed by atoms with van der Waals surface area (Å²) < 4.78 is 0. The molecule has 0 aromatic carbocycles. The lowest BCUT2D eigenvalue weighted by Gasteiger charge is -2.73. The third-order valence-corrected chi connectivity index (χ3v) is 13.6.